The van der Waals surface area contributed by atoms with Gasteiger partial charge in [0.2, 0.25) is 0 Å². The van der Waals surface area contributed by atoms with E-state index in [2.05, 4.69) is 16.0 Å². The van der Waals surface area contributed by atoms with Crippen molar-refractivity contribution < 1.29 is 0 Å². The van der Waals surface area contributed by atoms with E-state index in [1.165, 1.54) is 31.4 Å². The van der Waals surface area contributed by atoms with Crippen molar-refractivity contribution in [2.45, 2.75) is 56.3 Å². The monoisotopic (exact) mass is 215 g/mol. The van der Waals surface area contributed by atoms with Crippen LogP contribution in [0.15, 0.2) is 6.20 Å². The molecule has 0 amide bonds. The normalized spacial score (nSPS) is 23.9. The molecule has 0 unspecified atom stereocenters. The lowest BCUT2D eigenvalue weighted by Crippen LogP contribution is -2.33. The third-order valence-electron chi connectivity index (χ3n) is 4.26. The van der Waals surface area contributed by atoms with E-state index in [0.717, 1.165) is 25.1 Å². The van der Waals surface area contributed by atoms with Crippen LogP contribution >= 0.6 is 0 Å². The minimum Gasteiger partial charge on any atom is -0.344 e. The highest BCUT2D eigenvalue weighted by Gasteiger charge is 2.42. The molecule has 0 atom stereocenters. The molecular weight excluding hydrogens is 198 g/mol. The summed E-state index contributed by atoms with van der Waals surface area (Å²) in [5.41, 5.74) is 0.977. The van der Waals surface area contributed by atoms with Gasteiger partial charge in [0, 0.05) is 17.8 Å². The summed E-state index contributed by atoms with van der Waals surface area (Å²) in [7, 11) is 0. The Kier molecular flexibility index (Phi) is 2.24. The number of imidazole rings is 1. The number of nitrogens with one attached hydrogen (secondary N) is 1. The van der Waals surface area contributed by atoms with E-state index in [0.29, 0.717) is 5.92 Å². The summed E-state index contributed by atoms with van der Waals surface area (Å²) < 4.78 is 0. The number of aromatic nitrogens is 2. The second kappa shape index (κ2) is 3.62. The first-order valence-corrected chi connectivity index (χ1v) is 6.31. The molecule has 1 aromatic rings. The zero-order valence-electron chi connectivity index (χ0n) is 9.50. The highest BCUT2D eigenvalue weighted by Crippen LogP contribution is 2.42. The van der Waals surface area contributed by atoms with Crippen LogP contribution in [0.3, 0.4) is 0 Å². The Morgan fingerprint density at radius 3 is 2.62 bits per heavy atom. The first-order valence-electron chi connectivity index (χ1n) is 6.31. The smallest absolute Gasteiger partial charge is 0.126 e. The van der Waals surface area contributed by atoms with Crippen molar-refractivity contribution in [3.63, 3.8) is 0 Å². The Hall–Kier alpha value is -1.30. The van der Waals surface area contributed by atoms with Crippen LogP contribution in [0.4, 0.5) is 0 Å². The lowest BCUT2D eigenvalue weighted by Gasteiger charge is -2.32. The van der Waals surface area contributed by atoms with Gasteiger partial charge in [0.05, 0.1) is 6.07 Å². The van der Waals surface area contributed by atoms with Gasteiger partial charge in [-0.1, -0.05) is 12.8 Å². The van der Waals surface area contributed by atoms with Gasteiger partial charge in [0.15, 0.2) is 0 Å². The molecule has 2 saturated carbocycles. The van der Waals surface area contributed by atoms with E-state index in [1.807, 2.05) is 6.20 Å². The summed E-state index contributed by atoms with van der Waals surface area (Å²) in [5.74, 6) is 1.58. The molecule has 3 nitrogen and oxygen atoms in total. The Morgan fingerprint density at radius 1 is 1.31 bits per heavy atom. The van der Waals surface area contributed by atoms with Crippen LogP contribution in [-0.2, 0) is 5.41 Å². The summed E-state index contributed by atoms with van der Waals surface area (Å²) in [6.07, 6.45) is 10.3. The molecule has 1 N–H and O–H groups in total. The highest BCUT2D eigenvalue weighted by molar-refractivity contribution is 5.26. The van der Waals surface area contributed by atoms with Gasteiger partial charge in [-0.2, -0.15) is 5.26 Å². The molecule has 84 valence electrons. The van der Waals surface area contributed by atoms with Crippen LogP contribution in [-0.4, -0.2) is 9.97 Å². The molecular formula is C13H17N3. The van der Waals surface area contributed by atoms with E-state index < -0.39 is 0 Å². The number of hydrogen-bond acceptors (Lipinski definition) is 2. The number of H-pyrrole nitrogens is 1. The molecule has 3 rings (SSSR count). The maximum absolute atomic E-state index is 9.25. The Bertz CT molecular complexity index is 417. The lowest BCUT2D eigenvalue weighted by molar-refractivity contribution is 0.309. The van der Waals surface area contributed by atoms with Gasteiger partial charge in [-0.15, -0.1) is 0 Å². The number of hydrogen-bond donors (Lipinski definition) is 1. The third kappa shape index (κ3) is 1.36. The molecule has 0 radical (unpaired) electrons. The Morgan fingerprint density at radius 2 is 2.06 bits per heavy atom. The fourth-order valence-corrected chi connectivity index (χ4v) is 2.95. The minimum absolute atomic E-state index is 0.281. The number of nitriles is 1. The topological polar surface area (TPSA) is 52.5 Å². The summed E-state index contributed by atoms with van der Waals surface area (Å²) in [5, 5.41) is 9.25. The van der Waals surface area contributed by atoms with Crippen molar-refractivity contribution in [2.24, 2.45) is 0 Å². The van der Waals surface area contributed by atoms with Crippen molar-refractivity contribution in [1.82, 2.24) is 9.97 Å². The largest absolute Gasteiger partial charge is 0.344 e. The van der Waals surface area contributed by atoms with Gasteiger partial charge in [0.25, 0.3) is 0 Å². The van der Waals surface area contributed by atoms with Gasteiger partial charge < -0.3 is 4.98 Å². The maximum atomic E-state index is 9.25. The highest BCUT2D eigenvalue weighted by atomic mass is 14.9. The van der Waals surface area contributed by atoms with Gasteiger partial charge in [-0.05, 0) is 32.1 Å². The first kappa shape index (κ1) is 9.89. The minimum atomic E-state index is -0.281. The zero-order valence-corrected chi connectivity index (χ0v) is 9.50. The predicted molar refractivity (Wildman–Crippen MR) is 60.9 cm³/mol. The fraction of sp³-hybridized carbons (Fsp3) is 0.692. The van der Waals surface area contributed by atoms with E-state index in [9.17, 15) is 5.26 Å². The average molecular weight is 215 g/mol. The molecule has 0 spiro atoms. The van der Waals surface area contributed by atoms with E-state index >= 15 is 0 Å². The van der Waals surface area contributed by atoms with Crippen molar-refractivity contribution in [2.75, 3.05) is 0 Å². The predicted octanol–water partition coefficient (Wildman–Crippen LogP) is 3.01. The standard InChI is InChI=1S/C13H17N3/c14-9-13(6-3-7-13)12-15-8-11(16-12)10-4-1-2-5-10/h8,10H,1-7H2,(H,15,16). The third-order valence-corrected chi connectivity index (χ3v) is 4.26. The summed E-state index contributed by atoms with van der Waals surface area (Å²) in [6.45, 7) is 0. The molecule has 2 aliphatic rings. The molecule has 1 aromatic heterocycles. The molecule has 1 heterocycles. The maximum Gasteiger partial charge on any atom is 0.126 e. The van der Waals surface area contributed by atoms with Crippen LogP contribution in [0.25, 0.3) is 0 Å². The summed E-state index contributed by atoms with van der Waals surface area (Å²) in [4.78, 5) is 7.86. The van der Waals surface area contributed by atoms with Crippen LogP contribution in [0.5, 0.6) is 0 Å². The average Bonchev–Trinajstić information content (AvgIpc) is 2.86. The van der Waals surface area contributed by atoms with Crippen molar-refractivity contribution in [3.8, 4) is 6.07 Å². The fourth-order valence-electron chi connectivity index (χ4n) is 2.95. The first-order chi connectivity index (χ1) is 7.84. The number of rotatable bonds is 2. The quantitative estimate of drug-likeness (QED) is 0.824. The zero-order chi connectivity index (χ0) is 11.0. The van der Waals surface area contributed by atoms with Crippen LogP contribution in [0.2, 0.25) is 0 Å². The lowest BCUT2D eigenvalue weighted by atomic mass is 9.69. The molecule has 0 bridgehead atoms. The van der Waals surface area contributed by atoms with Crippen LogP contribution in [0.1, 0.15) is 62.4 Å². The second-order valence-electron chi connectivity index (χ2n) is 5.22. The summed E-state index contributed by atoms with van der Waals surface area (Å²) in [6, 6.07) is 2.44. The van der Waals surface area contributed by atoms with Gasteiger partial charge in [-0.3, -0.25) is 0 Å². The van der Waals surface area contributed by atoms with Crippen molar-refractivity contribution in [1.29, 1.82) is 5.26 Å². The van der Waals surface area contributed by atoms with Crippen LogP contribution < -0.4 is 0 Å². The number of nitrogens with zero attached hydrogens (tertiary/aromatic N) is 2. The van der Waals surface area contributed by atoms with Crippen LogP contribution in [0, 0.1) is 11.3 Å². The second-order valence-corrected chi connectivity index (χ2v) is 5.22. The molecule has 16 heavy (non-hydrogen) atoms. The van der Waals surface area contributed by atoms with Gasteiger partial charge in [0.1, 0.15) is 11.2 Å². The summed E-state index contributed by atoms with van der Waals surface area (Å²) >= 11 is 0. The van der Waals surface area contributed by atoms with E-state index in [1.54, 1.807) is 0 Å². The molecule has 3 heteroatoms. The van der Waals surface area contributed by atoms with E-state index in [4.69, 9.17) is 0 Å². The molecule has 2 fully saturated rings. The Labute approximate surface area is 95.9 Å². The van der Waals surface area contributed by atoms with Gasteiger partial charge in [-0.25, -0.2) is 4.98 Å². The number of aromatic amines is 1. The molecule has 0 saturated heterocycles. The molecule has 0 aromatic carbocycles. The van der Waals surface area contributed by atoms with E-state index in [-0.39, 0.29) is 5.41 Å². The SMILES string of the molecule is N#CC1(c2ncc(C3CCCC3)[nH]2)CCC1. The van der Waals surface area contributed by atoms with Crippen molar-refractivity contribution >= 4 is 0 Å². The van der Waals surface area contributed by atoms with Gasteiger partial charge >= 0.3 is 0 Å². The van der Waals surface area contributed by atoms with Crippen molar-refractivity contribution in [3.05, 3.63) is 17.7 Å². The molecule has 2 aliphatic carbocycles. The Balaban J connectivity index is 1.85. The molecule has 0 aliphatic heterocycles.